The lowest BCUT2D eigenvalue weighted by molar-refractivity contribution is 0.0696. The molecule has 122 valence electrons. The topological polar surface area (TPSA) is 59.4 Å². The molecule has 0 saturated heterocycles. The molecule has 0 aliphatic carbocycles. The fraction of sp³-hybridized carbons (Fsp3) is 0.100. The van der Waals surface area contributed by atoms with Crippen LogP contribution < -0.4 is 0 Å². The Morgan fingerprint density at radius 3 is 2.48 bits per heavy atom. The largest absolute Gasteiger partial charge is 0.478 e. The Balaban J connectivity index is 1.63. The van der Waals surface area contributed by atoms with Gasteiger partial charge in [0.1, 0.15) is 18.0 Å². The van der Waals surface area contributed by atoms with Crippen LogP contribution in [0.5, 0.6) is 0 Å². The molecule has 2 aliphatic rings. The minimum absolute atomic E-state index is 0.186. The minimum atomic E-state index is -0.960. The maximum absolute atomic E-state index is 14.0. The second-order valence-corrected chi connectivity index (χ2v) is 6.24. The molecule has 1 N–H and O–H groups in total. The second-order valence-electron chi connectivity index (χ2n) is 6.24. The highest BCUT2D eigenvalue weighted by Crippen LogP contribution is 2.54. The number of halogens is 1. The highest BCUT2D eigenvalue weighted by Gasteiger charge is 2.43. The molecule has 5 heteroatoms. The number of aromatic carboxylic acids is 1. The van der Waals surface area contributed by atoms with E-state index in [9.17, 15) is 14.3 Å². The number of carbonyl (C=O) groups is 1. The van der Waals surface area contributed by atoms with Gasteiger partial charge in [0.2, 0.25) is 0 Å². The highest BCUT2D eigenvalue weighted by atomic mass is 19.1. The third-order valence-electron chi connectivity index (χ3n) is 4.91. The van der Waals surface area contributed by atoms with Gasteiger partial charge in [-0.2, -0.15) is 0 Å². The molecule has 2 aromatic carbocycles. The number of nitrogens with zero attached hydrogens (tertiary/aromatic N) is 1. The average Bonchev–Trinajstić information content (AvgIpc) is 3.18. The fourth-order valence-corrected chi connectivity index (χ4v) is 3.76. The van der Waals surface area contributed by atoms with E-state index < -0.39 is 5.97 Å². The van der Waals surface area contributed by atoms with Crippen molar-refractivity contribution >= 4 is 5.97 Å². The van der Waals surface area contributed by atoms with Gasteiger partial charge in [0.05, 0.1) is 11.8 Å². The summed E-state index contributed by atoms with van der Waals surface area (Å²) in [7, 11) is 0. The van der Waals surface area contributed by atoms with Gasteiger partial charge in [-0.3, -0.25) is 4.98 Å². The van der Waals surface area contributed by atoms with Crippen molar-refractivity contribution in [1.29, 1.82) is 0 Å². The maximum Gasteiger partial charge on any atom is 0.335 e. The summed E-state index contributed by atoms with van der Waals surface area (Å²) in [6.45, 7) is 0. The van der Waals surface area contributed by atoms with Crippen LogP contribution in [0.2, 0.25) is 0 Å². The van der Waals surface area contributed by atoms with Crippen molar-refractivity contribution in [2.24, 2.45) is 0 Å². The number of carboxylic acid groups (broad SMARTS) is 1. The van der Waals surface area contributed by atoms with Gasteiger partial charge in [-0.1, -0.05) is 18.2 Å². The van der Waals surface area contributed by atoms with E-state index in [-0.39, 0.29) is 23.6 Å². The first kappa shape index (κ1) is 14.3. The summed E-state index contributed by atoms with van der Waals surface area (Å²) in [5, 5.41) is 9.22. The summed E-state index contributed by atoms with van der Waals surface area (Å²) in [5.74, 6) is -1.33. The molecule has 0 amide bonds. The van der Waals surface area contributed by atoms with Crippen molar-refractivity contribution in [2.75, 3.05) is 0 Å². The number of ether oxygens (including phenoxy) is 1. The van der Waals surface area contributed by atoms with Crippen LogP contribution in [-0.4, -0.2) is 16.1 Å². The van der Waals surface area contributed by atoms with Gasteiger partial charge in [-0.25, -0.2) is 9.18 Å². The lowest BCUT2D eigenvalue weighted by Gasteiger charge is -2.17. The molecule has 0 unspecified atom stereocenters. The predicted molar refractivity (Wildman–Crippen MR) is 87.8 cm³/mol. The van der Waals surface area contributed by atoms with Gasteiger partial charge >= 0.3 is 5.97 Å². The van der Waals surface area contributed by atoms with Crippen LogP contribution in [0.3, 0.4) is 0 Å². The Hall–Kier alpha value is -3.05. The van der Waals surface area contributed by atoms with Crippen molar-refractivity contribution in [3.63, 3.8) is 0 Å². The molecule has 0 saturated carbocycles. The van der Waals surface area contributed by atoms with Crippen LogP contribution in [0.15, 0.2) is 54.9 Å². The Morgan fingerprint density at radius 1 is 1.00 bits per heavy atom. The minimum Gasteiger partial charge on any atom is -0.478 e. The van der Waals surface area contributed by atoms with Crippen molar-refractivity contribution in [1.82, 2.24) is 4.98 Å². The lowest BCUT2D eigenvalue weighted by Crippen LogP contribution is -2.06. The van der Waals surface area contributed by atoms with E-state index in [1.54, 1.807) is 24.4 Å². The summed E-state index contributed by atoms with van der Waals surface area (Å²) >= 11 is 0. The monoisotopic (exact) mass is 333 g/mol. The lowest BCUT2D eigenvalue weighted by atomic mass is 9.84. The molecular weight excluding hydrogens is 321 g/mol. The SMILES string of the molecule is O=C(O)c1ccc2c(c1)[C@@H]1O[C@H]2c2ccc(-c3ccncc3F)cc21. The summed E-state index contributed by atoms with van der Waals surface area (Å²) in [5.41, 5.74) is 5.39. The molecular formula is C20H12FNO3. The molecule has 2 aliphatic heterocycles. The van der Waals surface area contributed by atoms with Gasteiger partial charge in [-0.15, -0.1) is 0 Å². The van der Waals surface area contributed by atoms with Crippen molar-refractivity contribution in [3.05, 3.63) is 88.5 Å². The molecule has 0 spiro atoms. The van der Waals surface area contributed by atoms with Crippen LogP contribution >= 0.6 is 0 Å². The van der Waals surface area contributed by atoms with Crippen molar-refractivity contribution in [2.45, 2.75) is 12.2 Å². The number of rotatable bonds is 2. The van der Waals surface area contributed by atoms with E-state index in [0.717, 1.165) is 27.8 Å². The van der Waals surface area contributed by atoms with E-state index >= 15 is 0 Å². The van der Waals surface area contributed by atoms with Gasteiger partial charge in [0, 0.05) is 11.8 Å². The number of hydrogen-bond acceptors (Lipinski definition) is 3. The number of carboxylic acids is 1. The van der Waals surface area contributed by atoms with Crippen LogP contribution in [-0.2, 0) is 4.74 Å². The van der Waals surface area contributed by atoms with Crippen LogP contribution in [0.25, 0.3) is 11.1 Å². The molecule has 2 atom stereocenters. The van der Waals surface area contributed by atoms with Gasteiger partial charge in [0.15, 0.2) is 0 Å². The molecule has 3 heterocycles. The highest BCUT2D eigenvalue weighted by molar-refractivity contribution is 5.88. The molecule has 5 rings (SSSR count). The molecule has 2 bridgehead atoms. The predicted octanol–water partition coefficient (Wildman–Crippen LogP) is 4.11. The van der Waals surface area contributed by atoms with E-state index in [4.69, 9.17) is 4.74 Å². The number of benzene rings is 2. The number of pyridine rings is 1. The molecule has 1 aromatic heterocycles. The van der Waals surface area contributed by atoms with Crippen LogP contribution in [0.4, 0.5) is 4.39 Å². The second kappa shape index (κ2) is 4.97. The Morgan fingerprint density at radius 2 is 1.72 bits per heavy atom. The van der Waals surface area contributed by atoms with Crippen LogP contribution in [0.1, 0.15) is 44.8 Å². The van der Waals surface area contributed by atoms with E-state index in [2.05, 4.69) is 4.98 Å². The van der Waals surface area contributed by atoms with Crippen molar-refractivity contribution in [3.8, 4) is 11.1 Å². The first-order valence-electron chi connectivity index (χ1n) is 7.90. The van der Waals surface area contributed by atoms with Gasteiger partial charge < -0.3 is 9.84 Å². The summed E-state index contributed by atoms with van der Waals surface area (Å²) in [4.78, 5) is 15.0. The Kier molecular flexibility index (Phi) is 2.85. The van der Waals surface area contributed by atoms with Gasteiger partial charge in [-0.05, 0) is 52.1 Å². The van der Waals surface area contributed by atoms with Gasteiger partial charge in [0.25, 0.3) is 0 Å². The van der Waals surface area contributed by atoms with E-state index in [1.807, 2.05) is 24.3 Å². The number of hydrogen-bond donors (Lipinski definition) is 1. The first-order chi connectivity index (χ1) is 12.1. The molecule has 0 radical (unpaired) electrons. The fourth-order valence-electron chi connectivity index (χ4n) is 3.76. The zero-order chi connectivity index (χ0) is 17.1. The summed E-state index contributed by atoms with van der Waals surface area (Å²) in [6.07, 6.45) is 2.26. The van der Waals surface area contributed by atoms with E-state index in [1.165, 1.54) is 6.20 Å². The smallest absolute Gasteiger partial charge is 0.335 e. The Labute approximate surface area is 142 Å². The normalized spacial score (nSPS) is 19.6. The maximum atomic E-state index is 14.0. The third-order valence-corrected chi connectivity index (χ3v) is 4.91. The van der Waals surface area contributed by atoms with Crippen LogP contribution in [0, 0.1) is 5.82 Å². The van der Waals surface area contributed by atoms with E-state index in [0.29, 0.717) is 5.56 Å². The summed E-state index contributed by atoms with van der Waals surface area (Å²) in [6, 6.07) is 12.5. The molecule has 25 heavy (non-hydrogen) atoms. The average molecular weight is 333 g/mol. The number of aromatic nitrogens is 1. The quantitative estimate of drug-likeness (QED) is 0.767. The Bertz CT molecular complexity index is 1050. The third kappa shape index (κ3) is 1.96. The first-order valence-corrected chi connectivity index (χ1v) is 7.90. The zero-order valence-corrected chi connectivity index (χ0v) is 12.9. The molecule has 4 nitrogen and oxygen atoms in total. The zero-order valence-electron chi connectivity index (χ0n) is 12.9. The molecule has 0 fully saturated rings. The number of fused-ring (bicyclic) bond motifs is 8. The standard InChI is InChI=1S/C20H12FNO3/c21-17-9-22-6-5-12(17)10-1-3-13-15(7-10)19-16-8-11(20(23)24)2-4-14(16)18(13)25-19/h1-9,18-19H,(H,23,24)/t18-,19+/m0/s1. The summed E-state index contributed by atoms with van der Waals surface area (Å²) < 4.78 is 20.1. The van der Waals surface area contributed by atoms with Crippen molar-refractivity contribution < 1.29 is 19.0 Å². The molecule has 3 aromatic rings.